The van der Waals surface area contributed by atoms with Crippen LogP contribution in [0.4, 0.5) is 11.4 Å². The van der Waals surface area contributed by atoms with E-state index in [1.54, 1.807) is 18.2 Å². The van der Waals surface area contributed by atoms with E-state index in [9.17, 15) is 13.2 Å². The predicted molar refractivity (Wildman–Crippen MR) is 132 cm³/mol. The van der Waals surface area contributed by atoms with Gasteiger partial charge in [-0.2, -0.15) is 0 Å². The topological polar surface area (TPSA) is 73.0 Å². The van der Waals surface area contributed by atoms with Gasteiger partial charge < -0.3 is 15.1 Å². The maximum Gasteiger partial charge on any atom is 0.253 e. The zero-order valence-corrected chi connectivity index (χ0v) is 20.4. The van der Waals surface area contributed by atoms with E-state index in [1.165, 1.54) is 30.5 Å². The first kappa shape index (κ1) is 23.6. The lowest BCUT2D eigenvalue weighted by Gasteiger charge is -2.30. The summed E-state index contributed by atoms with van der Waals surface area (Å²) in [7, 11) is -0.608. The molecular weight excluding hydrogens is 436 g/mol. The minimum atomic E-state index is -3.62. The van der Waals surface area contributed by atoms with E-state index in [2.05, 4.69) is 27.2 Å². The fourth-order valence-corrected chi connectivity index (χ4v) is 5.61. The molecular formula is C25H34N4O3S. The third-order valence-corrected chi connectivity index (χ3v) is 8.46. The smallest absolute Gasteiger partial charge is 0.253 e. The molecule has 0 aliphatic carbocycles. The van der Waals surface area contributed by atoms with Crippen LogP contribution in [0.25, 0.3) is 0 Å². The van der Waals surface area contributed by atoms with Crippen LogP contribution in [0, 0.1) is 5.92 Å². The average molecular weight is 471 g/mol. The number of benzene rings is 2. The van der Waals surface area contributed by atoms with Crippen LogP contribution in [-0.4, -0.2) is 65.4 Å². The minimum Gasteiger partial charge on any atom is -0.371 e. The van der Waals surface area contributed by atoms with Crippen LogP contribution < -0.4 is 15.1 Å². The van der Waals surface area contributed by atoms with Crippen molar-refractivity contribution < 1.29 is 13.2 Å². The van der Waals surface area contributed by atoms with Crippen molar-refractivity contribution in [1.82, 2.24) is 9.62 Å². The van der Waals surface area contributed by atoms with Gasteiger partial charge in [-0.25, -0.2) is 12.7 Å². The molecule has 2 saturated heterocycles. The van der Waals surface area contributed by atoms with E-state index in [0.29, 0.717) is 18.0 Å². The summed E-state index contributed by atoms with van der Waals surface area (Å²) >= 11 is 0. The van der Waals surface area contributed by atoms with Crippen LogP contribution in [-0.2, 0) is 10.0 Å². The molecule has 2 aliphatic rings. The third kappa shape index (κ3) is 5.33. The zero-order chi connectivity index (χ0) is 23.4. The molecule has 2 aliphatic heterocycles. The highest BCUT2D eigenvalue weighted by molar-refractivity contribution is 7.89. The second-order valence-electron chi connectivity index (χ2n) is 9.16. The highest BCUT2D eigenvalue weighted by Crippen LogP contribution is 2.28. The van der Waals surface area contributed by atoms with Crippen LogP contribution in [0.15, 0.2) is 53.4 Å². The molecule has 2 heterocycles. The molecule has 1 N–H and O–H groups in total. The monoisotopic (exact) mass is 470 g/mol. The molecule has 2 aromatic rings. The molecule has 0 radical (unpaired) electrons. The van der Waals surface area contributed by atoms with E-state index < -0.39 is 10.0 Å². The van der Waals surface area contributed by atoms with Crippen LogP contribution in [0.2, 0.25) is 0 Å². The summed E-state index contributed by atoms with van der Waals surface area (Å²) in [4.78, 5) is 18.0. The van der Waals surface area contributed by atoms with Gasteiger partial charge in [-0.3, -0.25) is 4.79 Å². The number of amides is 1. The first-order valence-electron chi connectivity index (χ1n) is 11.8. The molecule has 7 nitrogen and oxygen atoms in total. The van der Waals surface area contributed by atoms with Crippen LogP contribution >= 0.6 is 0 Å². The summed E-state index contributed by atoms with van der Waals surface area (Å²) in [5.74, 6) is 0.158. The fourth-order valence-electron chi connectivity index (χ4n) is 4.68. The van der Waals surface area contributed by atoms with Crippen LogP contribution in [0.1, 0.15) is 36.0 Å². The molecule has 178 valence electrons. The molecule has 1 amide bonds. The lowest BCUT2D eigenvalue weighted by atomic mass is 10.1. The van der Waals surface area contributed by atoms with E-state index in [4.69, 9.17) is 0 Å². The number of hydrogen-bond acceptors (Lipinski definition) is 5. The number of sulfonamides is 1. The molecule has 0 aromatic heterocycles. The van der Waals surface area contributed by atoms with Crippen molar-refractivity contribution in [2.75, 3.05) is 56.6 Å². The number of hydrogen-bond donors (Lipinski definition) is 1. The summed E-state index contributed by atoms with van der Waals surface area (Å²) in [6, 6.07) is 15.3. The first-order valence-corrected chi connectivity index (χ1v) is 13.2. The van der Waals surface area contributed by atoms with E-state index in [1.807, 2.05) is 18.2 Å². The summed E-state index contributed by atoms with van der Waals surface area (Å²) in [5, 5.41) is 3.10. The number of anilines is 2. The Morgan fingerprint density at radius 2 is 1.73 bits per heavy atom. The summed E-state index contributed by atoms with van der Waals surface area (Å²) in [6.07, 6.45) is 4.36. The molecule has 1 unspecified atom stereocenters. The van der Waals surface area contributed by atoms with Crippen molar-refractivity contribution in [3.63, 3.8) is 0 Å². The predicted octanol–water partition coefficient (Wildman–Crippen LogP) is 3.18. The number of carbonyl (C=O) groups excluding carboxylic acids is 1. The summed E-state index contributed by atoms with van der Waals surface area (Å²) in [6.45, 7) is 4.22. The quantitative estimate of drug-likeness (QED) is 0.673. The normalized spacial score (nSPS) is 19.2. The lowest BCUT2D eigenvalue weighted by molar-refractivity contribution is 0.0948. The molecule has 33 heavy (non-hydrogen) atoms. The van der Waals surface area contributed by atoms with Crippen molar-refractivity contribution in [1.29, 1.82) is 0 Å². The van der Waals surface area contributed by atoms with Crippen LogP contribution in [0.5, 0.6) is 0 Å². The number of nitrogens with zero attached hydrogens (tertiary/aromatic N) is 3. The molecule has 4 rings (SSSR count). The molecule has 2 aromatic carbocycles. The largest absolute Gasteiger partial charge is 0.371 e. The third-order valence-electron chi connectivity index (χ3n) is 6.65. The summed E-state index contributed by atoms with van der Waals surface area (Å²) < 4.78 is 26.6. The Morgan fingerprint density at radius 3 is 2.42 bits per heavy atom. The Labute approximate surface area is 197 Å². The number of carbonyl (C=O) groups is 1. The molecule has 1 atom stereocenters. The molecule has 0 bridgehead atoms. The van der Waals surface area contributed by atoms with Gasteiger partial charge in [0.2, 0.25) is 10.0 Å². The van der Waals surface area contributed by atoms with Gasteiger partial charge in [0.15, 0.2) is 0 Å². The second-order valence-corrected chi connectivity index (χ2v) is 11.3. The van der Waals surface area contributed by atoms with Gasteiger partial charge in [0.1, 0.15) is 0 Å². The van der Waals surface area contributed by atoms with E-state index in [-0.39, 0.29) is 10.8 Å². The standard InChI is InChI=1S/C25H34N4O3S/c1-27(2)33(31,32)22-11-12-24(28-14-7-4-8-15-28)23(17-22)25(30)26-18-20-13-16-29(19-20)21-9-5-3-6-10-21/h3,5-6,9-12,17,20H,4,7-8,13-16,18-19H2,1-2H3,(H,26,30). The number of para-hydroxylation sites is 1. The first-order chi connectivity index (χ1) is 15.9. The molecule has 8 heteroatoms. The number of piperidine rings is 1. The maximum absolute atomic E-state index is 13.3. The van der Waals surface area contributed by atoms with Crippen molar-refractivity contribution >= 4 is 27.3 Å². The highest BCUT2D eigenvalue weighted by atomic mass is 32.2. The Balaban J connectivity index is 1.50. The van der Waals surface area contributed by atoms with Gasteiger partial charge in [0, 0.05) is 58.2 Å². The number of rotatable bonds is 7. The van der Waals surface area contributed by atoms with Gasteiger partial charge in [-0.05, 0) is 61.9 Å². The van der Waals surface area contributed by atoms with Gasteiger partial charge in [0.05, 0.1) is 10.5 Å². The Kier molecular flexibility index (Phi) is 7.24. The Hall–Kier alpha value is -2.58. The summed E-state index contributed by atoms with van der Waals surface area (Å²) in [5.41, 5.74) is 2.47. The molecule has 0 spiro atoms. The number of nitrogens with one attached hydrogen (secondary N) is 1. The Bertz CT molecular complexity index is 1070. The van der Waals surface area contributed by atoms with Gasteiger partial charge in [-0.15, -0.1) is 0 Å². The lowest BCUT2D eigenvalue weighted by Crippen LogP contribution is -2.35. The van der Waals surface area contributed by atoms with Crippen molar-refractivity contribution in [2.24, 2.45) is 5.92 Å². The van der Waals surface area contributed by atoms with Gasteiger partial charge in [0.25, 0.3) is 5.91 Å². The Morgan fingerprint density at radius 1 is 1.00 bits per heavy atom. The average Bonchev–Trinajstić information content (AvgIpc) is 3.32. The van der Waals surface area contributed by atoms with Gasteiger partial charge >= 0.3 is 0 Å². The fraction of sp³-hybridized carbons (Fsp3) is 0.480. The minimum absolute atomic E-state index is 0.148. The van der Waals surface area contributed by atoms with E-state index >= 15 is 0 Å². The molecule has 0 saturated carbocycles. The van der Waals surface area contributed by atoms with Crippen LogP contribution in [0.3, 0.4) is 0 Å². The maximum atomic E-state index is 13.3. The zero-order valence-electron chi connectivity index (χ0n) is 19.5. The van der Waals surface area contributed by atoms with Crippen molar-refractivity contribution in [3.05, 3.63) is 54.1 Å². The van der Waals surface area contributed by atoms with Crippen molar-refractivity contribution in [2.45, 2.75) is 30.6 Å². The highest BCUT2D eigenvalue weighted by Gasteiger charge is 2.26. The van der Waals surface area contributed by atoms with Gasteiger partial charge in [-0.1, -0.05) is 18.2 Å². The van der Waals surface area contributed by atoms with E-state index in [0.717, 1.165) is 51.1 Å². The molecule has 2 fully saturated rings. The second kappa shape index (κ2) is 10.1. The SMILES string of the molecule is CN(C)S(=O)(=O)c1ccc(N2CCCCC2)c(C(=O)NCC2CCN(c3ccccc3)C2)c1. The van der Waals surface area contributed by atoms with Crippen molar-refractivity contribution in [3.8, 4) is 0 Å².